The number of hydrogen-bond acceptors (Lipinski definition) is 1. The molecule has 0 aliphatic heterocycles. The second-order valence-electron chi connectivity index (χ2n) is 9.52. The molecule has 1 unspecified atom stereocenters. The largest absolute Gasteiger partial charge is 0.417 e. The van der Waals surface area contributed by atoms with Crippen LogP contribution in [0.5, 0.6) is 0 Å². The molecule has 0 radical (unpaired) electrons. The van der Waals surface area contributed by atoms with Crippen LogP contribution in [0.1, 0.15) is 41.5 Å². The molecule has 2 aliphatic carbocycles. The molecular weight excluding hydrogens is 392 g/mol. The molecule has 0 saturated carbocycles. The summed E-state index contributed by atoms with van der Waals surface area (Å²) in [6, 6.07) is 22.3. The molecule has 2 heteroatoms. The van der Waals surface area contributed by atoms with Crippen LogP contribution in [0.4, 0.5) is 0 Å². The average Bonchev–Trinajstić information content (AvgIpc) is 3.31. The Kier molecular flexibility index (Phi) is 5.08. The molecule has 0 heterocycles. The van der Waals surface area contributed by atoms with Gasteiger partial charge in [-0.2, -0.15) is 0 Å². The Morgan fingerprint density at radius 2 is 1.68 bits per heavy atom. The van der Waals surface area contributed by atoms with Crippen molar-refractivity contribution in [3.05, 3.63) is 110 Å². The summed E-state index contributed by atoms with van der Waals surface area (Å²) in [6.45, 7) is 9.74. The summed E-state index contributed by atoms with van der Waals surface area (Å²) >= 11 is 0. The van der Waals surface area contributed by atoms with E-state index in [1.54, 1.807) is 0 Å². The Bertz CT molecular complexity index is 1410. The van der Waals surface area contributed by atoms with Gasteiger partial charge in [-0.15, -0.1) is 0 Å². The Hall–Kier alpha value is -2.68. The minimum atomic E-state index is -1.50. The van der Waals surface area contributed by atoms with Crippen LogP contribution in [0.2, 0.25) is 19.6 Å². The average molecular weight is 423 g/mol. The number of rotatable bonds is 5. The fourth-order valence-corrected chi connectivity index (χ4v) is 5.75. The van der Waals surface area contributed by atoms with Crippen LogP contribution in [0.15, 0.2) is 66.7 Å². The Morgan fingerprint density at radius 1 is 0.903 bits per heavy atom. The van der Waals surface area contributed by atoms with Gasteiger partial charge in [0.1, 0.15) is 0 Å². The second kappa shape index (κ2) is 7.78. The van der Waals surface area contributed by atoms with Crippen molar-refractivity contribution < 1.29 is 4.43 Å². The Balaban J connectivity index is 1.67. The third kappa shape index (κ3) is 3.64. The van der Waals surface area contributed by atoms with Gasteiger partial charge in [0.05, 0.1) is 0 Å². The van der Waals surface area contributed by atoms with Crippen molar-refractivity contribution in [2.45, 2.75) is 38.9 Å². The fraction of sp³-hybridized carbons (Fsp3) is 0.241. The molecule has 1 nitrogen and oxygen atoms in total. The molecule has 0 spiro atoms. The van der Waals surface area contributed by atoms with Gasteiger partial charge in [-0.1, -0.05) is 72.8 Å². The number of allylic oxidation sites excluding steroid dienone is 1. The summed E-state index contributed by atoms with van der Waals surface area (Å²) in [5.41, 5.74) is 7.06. The van der Waals surface area contributed by atoms with E-state index in [1.165, 1.54) is 48.7 Å². The minimum absolute atomic E-state index is 0.282. The summed E-state index contributed by atoms with van der Waals surface area (Å²) in [6.07, 6.45) is 8.12. The maximum Gasteiger partial charge on any atom is 0.183 e. The molecule has 0 bridgehead atoms. The second-order valence-corrected chi connectivity index (χ2v) is 14.0. The van der Waals surface area contributed by atoms with Crippen LogP contribution in [0, 0.1) is 10.4 Å². The van der Waals surface area contributed by atoms with Crippen molar-refractivity contribution in [2.24, 2.45) is 0 Å². The van der Waals surface area contributed by atoms with Gasteiger partial charge in [0, 0.05) is 12.5 Å². The lowest BCUT2D eigenvalue weighted by Crippen LogP contribution is -2.25. The Morgan fingerprint density at radius 3 is 2.48 bits per heavy atom. The van der Waals surface area contributed by atoms with E-state index in [4.69, 9.17) is 4.43 Å². The number of benzene rings is 3. The zero-order valence-corrected chi connectivity index (χ0v) is 19.9. The van der Waals surface area contributed by atoms with Crippen LogP contribution in [0.3, 0.4) is 0 Å². The summed E-state index contributed by atoms with van der Waals surface area (Å²) in [5.74, 6) is 0.282. The van der Waals surface area contributed by atoms with Crippen molar-refractivity contribution in [1.82, 2.24) is 0 Å². The van der Waals surface area contributed by atoms with Crippen molar-refractivity contribution in [2.75, 3.05) is 6.61 Å². The summed E-state index contributed by atoms with van der Waals surface area (Å²) in [5, 5.41) is 5.36. The molecule has 3 aromatic carbocycles. The predicted molar refractivity (Wildman–Crippen MR) is 134 cm³/mol. The molecule has 0 fully saturated rings. The molecular formula is C29H30OSi. The zero-order valence-electron chi connectivity index (χ0n) is 18.9. The third-order valence-electron chi connectivity index (χ3n) is 6.41. The predicted octanol–water partition coefficient (Wildman–Crippen LogP) is 5.69. The lowest BCUT2D eigenvalue weighted by Gasteiger charge is -2.17. The topological polar surface area (TPSA) is 9.23 Å². The quantitative estimate of drug-likeness (QED) is 0.376. The van der Waals surface area contributed by atoms with Gasteiger partial charge in [-0.05, 0) is 87.8 Å². The SMILES string of the molecule is CC=c1ccc2c(c1C1C=C(CCO[Si](C)(C)C)c3ccccc31)C=c1ccccc1=2. The van der Waals surface area contributed by atoms with Gasteiger partial charge in [0.15, 0.2) is 8.32 Å². The third-order valence-corrected chi connectivity index (χ3v) is 7.48. The Labute approximate surface area is 185 Å². The minimum Gasteiger partial charge on any atom is -0.417 e. The van der Waals surface area contributed by atoms with Crippen molar-refractivity contribution in [3.63, 3.8) is 0 Å². The summed E-state index contributed by atoms with van der Waals surface area (Å²) in [7, 11) is -1.50. The van der Waals surface area contributed by atoms with Crippen LogP contribution in [-0.4, -0.2) is 14.9 Å². The zero-order chi connectivity index (χ0) is 21.6. The number of hydrogen-bond donors (Lipinski definition) is 0. The van der Waals surface area contributed by atoms with Crippen molar-refractivity contribution >= 4 is 26.0 Å². The van der Waals surface area contributed by atoms with Crippen LogP contribution in [-0.2, 0) is 4.43 Å². The fourth-order valence-electron chi connectivity index (χ4n) is 5.03. The molecule has 2 aliphatic rings. The van der Waals surface area contributed by atoms with E-state index in [-0.39, 0.29) is 5.92 Å². The molecule has 0 aromatic heterocycles. The summed E-state index contributed by atoms with van der Waals surface area (Å²) in [4.78, 5) is 0. The molecule has 5 rings (SSSR count). The lowest BCUT2D eigenvalue weighted by molar-refractivity contribution is 0.321. The van der Waals surface area contributed by atoms with E-state index in [9.17, 15) is 0 Å². The highest BCUT2D eigenvalue weighted by Gasteiger charge is 2.27. The molecule has 0 saturated heterocycles. The van der Waals surface area contributed by atoms with Crippen LogP contribution in [0.25, 0.3) is 17.7 Å². The van der Waals surface area contributed by atoms with E-state index >= 15 is 0 Å². The van der Waals surface area contributed by atoms with E-state index < -0.39 is 8.32 Å². The molecule has 0 amide bonds. The van der Waals surface area contributed by atoms with Crippen molar-refractivity contribution in [1.29, 1.82) is 0 Å². The van der Waals surface area contributed by atoms with E-state index in [0.29, 0.717) is 0 Å². The van der Waals surface area contributed by atoms with Crippen LogP contribution >= 0.6 is 0 Å². The van der Waals surface area contributed by atoms with Crippen LogP contribution < -0.4 is 10.4 Å². The van der Waals surface area contributed by atoms with Gasteiger partial charge in [-0.3, -0.25) is 0 Å². The normalized spacial score (nSPS) is 17.1. The smallest absolute Gasteiger partial charge is 0.183 e. The molecule has 1 atom stereocenters. The highest BCUT2D eigenvalue weighted by Crippen LogP contribution is 2.41. The van der Waals surface area contributed by atoms with Gasteiger partial charge >= 0.3 is 0 Å². The van der Waals surface area contributed by atoms with Gasteiger partial charge < -0.3 is 4.43 Å². The standard InChI is InChI=1S/C29H30OSi/c1-5-20-14-15-26-23-11-7-6-10-21(23)18-28(26)29(20)27-19-22(16-17-30-31(2,3)4)24-12-8-9-13-25(24)27/h5-15,18-19,27H,16-17H2,1-4H3. The van der Waals surface area contributed by atoms with Gasteiger partial charge in [0.2, 0.25) is 0 Å². The first-order chi connectivity index (χ1) is 15.0. The van der Waals surface area contributed by atoms with E-state index in [2.05, 4.69) is 105 Å². The highest BCUT2D eigenvalue weighted by molar-refractivity contribution is 6.69. The molecule has 31 heavy (non-hydrogen) atoms. The molecule has 156 valence electrons. The van der Waals surface area contributed by atoms with E-state index in [0.717, 1.165) is 13.0 Å². The monoisotopic (exact) mass is 422 g/mol. The van der Waals surface area contributed by atoms with Gasteiger partial charge in [-0.25, -0.2) is 0 Å². The lowest BCUT2D eigenvalue weighted by atomic mass is 9.87. The highest BCUT2D eigenvalue weighted by atomic mass is 28.4. The first-order valence-corrected chi connectivity index (χ1v) is 14.7. The summed E-state index contributed by atoms with van der Waals surface area (Å²) < 4.78 is 6.19. The molecule has 0 N–H and O–H groups in total. The molecule has 3 aromatic rings. The van der Waals surface area contributed by atoms with Crippen molar-refractivity contribution in [3.8, 4) is 0 Å². The van der Waals surface area contributed by atoms with E-state index in [1.807, 2.05) is 0 Å². The van der Waals surface area contributed by atoms with Gasteiger partial charge in [0.25, 0.3) is 0 Å². The first-order valence-electron chi connectivity index (χ1n) is 11.3. The first kappa shape index (κ1) is 20.2. The maximum atomic E-state index is 6.19. The number of fused-ring (bicyclic) bond motifs is 3. The maximum absolute atomic E-state index is 6.19.